The monoisotopic (exact) mass is 480 g/mol. The standard InChI is InChI=1S/C22H32F4N2O5/c1-28(2)12-14(11-17(30)31)27-16(29)9-7-5-4-6-8-10-33-13-15-18(23)20(25)22(32-3)21(26)19(15)24/h14H,4-13H2,1-3H3,(H,27,29)(H,30,31)/t14-/m1/s1. The van der Waals surface area contributed by atoms with Gasteiger partial charge in [0.1, 0.15) is 0 Å². The topological polar surface area (TPSA) is 88.1 Å². The summed E-state index contributed by atoms with van der Waals surface area (Å²) in [6.45, 7) is -0.0299. The second-order valence-corrected chi connectivity index (χ2v) is 7.96. The van der Waals surface area contributed by atoms with E-state index in [9.17, 15) is 27.2 Å². The van der Waals surface area contributed by atoms with Crippen LogP contribution in [0.4, 0.5) is 17.6 Å². The highest BCUT2D eigenvalue weighted by Crippen LogP contribution is 2.30. The van der Waals surface area contributed by atoms with Gasteiger partial charge in [0.2, 0.25) is 17.5 Å². The number of carboxylic acid groups (broad SMARTS) is 1. The molecule has 0 aliphatic heterocycles. The second-order valence-electron chi connectivity index (χ2n) is 7.96. The van der Waals surface area contributed by atoms with Crippen LogP contribution in [0.5, 0.6) is 5.75 Å². The number of likely N-dealkylation sites (N-methyl/N-ethyl adjacent to an activating group) is 1. The summed E-state index contributed by atoms with van der Waals surface area (Å²) in [6, 6.07) is -0.454. The van der Waals surface area contributed by atoms with E-state index >= 15 is 0 Å². The number of benzene rings is 1. The van der Waals surface area contributed by atoms with E-state index in [4.69, 9.17) is 9.84 Å². The van der Waals surface area contributed by atoms with Crippen LogP contribution >= 0.6 is 0 Å². The molecule has 1 aromatic rings. The third-order valence-corrected chi connectivity index (χ3v) is 4.83. The molecule has 188 valence electrons. The Bertz CT molecular complexity index is 764. The number of hydrogen-bond donors (Lipinski definition) is 2. The number of hydrogen-bond acceptors (Lipinski definition) is 5. The molecule has 0 bridgehead atoms. The molecule has 0 saturated heterocycles. The van der Waals surface area contributed by atoms with Crippen LogP contribution in [0, 0.1) is 23.3 Å². The molecule has 1 amide bonds. The van der Waals surface area contributed by atoms with Crippen molar-refractivity contribution in [2.75, 3.05) is 34.4 Å². The van der Waals surface area contributed by atoms with E-state index in [1.807, 2.05) is 0 Å². The van der Waals surface area contributed by atoms with Crippen LogP contribution in [0.2, 0.25) is 0 Å². The van der Waals surface area contributed by atoms with Crippen molar-refractivity contribution in [1.82, 2.24) is 10.2 Å². The van der Waals surface area contributed by atoms with Crippen LogP contribution in [-0.2, 0) is 20.9 Å². The van der Waals surface area contributed by atoms with Gasteiger partial charge in [-0.25, -0.2) is 8.78 Å². The zero-order valence-corrected chi connectivity index (χ0v) is 19.2. The molecular formula is C22H32F4N2O5. The van der Waals surface area contributed by atoms with E-state index in [0.29, 0.717) is 19.4 Å². The van der Waals surface area contributed by atoms with Crippen molar-refractivity contribution < 1.29 is 41.7 Å². The van der Waals surface area contributed by atoms with Crippen LogP contribution in [0.3, 0.4) is 0 Å². The highest BCUT2D eigenvalue weighted by Gasteiger charge is 2.26. The Hall–Kier alpha value is -2.40. The molecular weight excluding hydrogens is 448 g/mol. The summed E-state index contributed by atoms with van der Waals surface area (Å²) in [7, 11) is 4.50. The Balaban J connectivity index is 2.24. The Labute approximate surface area is 191 Å². The minimum atomic E-state index is -1.60. The number of unbranched alkanes of at least 4 members (excludes halogenated alkanes) is 4. The van der Waals surface area contributed by atoms with E-state index in [2.05, 4.69) is 10.1 Å². The quantitative estimate of drug-likeness (QED) is 0.213. The van der Waals surface area contributed by atoms with Gasteiger partial charge in [0.15, 0.2) is 17.4 Å². The minimum absolute atomic E-state index is 0.145. The first-order valence-electron chi connectivity index (χ1n) is 10.7. The maximum Gasteiger partial charge on any atom is 0.305 e. The first-order chi connectivity index (χ1) is 15.6. The van der Waals surface area contributed by atoms with Crippen molar-refractivity contribution in [2.45, 2.75) is 57.6 Å². The molecule has 0 radical (unpaired) electrons. The molecule has 7 nitrogen and oxygen atoms in total. The first kappa shape index (κ1) is 28.6. The van der Waals surface area contributed by atoms with Crippen molar-refractivity contribution in [3.63, 3.8) is 0 Å². The minimum Gasteiger partial charge on any atom is -0.491 e. The van der Waals surface area contributed by atoms with E-state index in [1.165, 1.54) is 0 Å². The summed E-state index contributed by atoms with van der Waals surface area (Å²) >= 11 is 0. The number of halogens is 4. The SMILES string of the molecule is COc1c(F)c(F)c(COCCCCCCCC(=O)N[C@H](CC(=O)O)CN(C)C)c(F)c1F. The molecule has 0 heterocycles. The van der Waals surface area contributed by atoms with Gasteiger partial charge in [0.05, 0.1) is 31.7 Å². The molecule has 11 heteroatoms. The molecule has 0 aliphatic rings. The van der Waals surface area contributed by atoms with Gasteiger partial charge >= 0.3 is 5.97 Å². The van der Waals surface area contributed by atoms with Gasteiger partial charge in [-0.2, -0.15) is 8.78 Å². The first-order valence-corrected chi connectivity index (χ1v) is 10.7. The van der Waals surface area contributed by atoms with Gasteiger partial charge in [-0.15, -0.1) is 0 Å². The predicted molar refractivity (Wildman–Crippen MR) is 113 cm³/mol. The summed E-state index contributed by atoms with van der Waals surface area (Å²) in [6.07, 6.45) is 3.64. The van der Waals surface area contributed by atoms with Crippen molar-refractivity contribution in [3.8, 4) is 5.75 Å². The average molecular weight is 480 g/mol. The average Bonchev–Trinajstić information content (AvgIpc) is 2.72. The predicted octanol–water partition coefficient (Wildman–Crippen LogP) is 3.63. The molecule has 33 heavy (non-hydrogen) atoms. The molecule has 1 atom stereocenters. The highest BCUT2D eigenvalue weighted by molar-refractivity contribution is 5.77. The van der Waals surface area contributed by atoms with Gasteiger partial charge in [-0.3, -0.25) is 9.59 Å². The third-order valence-electron chi connectivity index (χ3n) is 4.83. The van der Waals surface area contributed by atoms with Crippen molar-refractivity contribution >= 4 is 11.9 Å². The Morgan fingerprint density at radius 1 is 0.970 bits per heavy atom. The Morgan fingerprint density at radius 2 is 1.55 bits per heavy atom. The zero-order chi connectivity index (χ0) is 25.0. The molecule has 0 fully saturated rings. The number of carboxylic acids is 1. The van der Waals surface area contributed by atoms with Gasteiger partial charge < -0.3 is 24.8 Å². The van der Waals surface area contributed by atoms with E-state index < -0.39 is 53.2 Å². The number of rotatable bonds is 16. The number of aliphatic carboxylic acids is 1. The largest absolute Gasteiger partial charge is 0.491 e. The number of carbonyl (C=O) groups excluding carboxylic acids is 1. The molecule has 1 aromatic carbocycles. The van der Waals surface area contributed by atoms with Crippen LogP contribution in [0.25, 0.3) is 0 Å². The molecule has 0 unspecified atom stereocenters. The fraction of sp³-hybridized carbons (Fsp3) is 0.636. The molecule has 2 N–H and O–H groups in total. The number of nitrogens with zero attached hydrogens (tertiary/aromatic N) is 1. The summed E-state index contributed by atoms with van der Waals surface area (Å²) < 4.78 is 64.5. The van der Waals surface area contributed by atoms with Crippen LogP contribution < -0.4 is 10.1 Å². The van der Waals surface area contributed by atoms with Crippen LogP contribution in [0.1, 0.15) is 50.5 Å². The van der Waals surface area contributed by atoms with Gasteiger partial charge in [0, 0.05) is 19.6 Å². The lowest BCUT2D eigenvalue weighted by atomic mass is 10.1. The summed E-state index contributed by atoms with van der Waals surface area (Å²) in [5.74, 6) is -8.57. The van der Waals surface area contributed by atoms with E-state index in [0.717, 1.165) is 26.4 Å². The smallest absolute Gasteiger partial charge is 0.305 e. The van der Waals surface area contributed by atoms with Gasteiger partial charge in [0.25, 0.3) is 0 Å². The molecule has 0 spiro atoms. The summed E-state index contributed by atoms with van der Waals surface area (Å²) in [5, 5.41) is 11.7. The lowest BCUT2D eigenvalue weighted by Gasteiger charge is -2.20. The molecule has 0 aromatic heterocycles. The van der Waals surface area contributed by atoms with Gasteiger partial charge in [-0.05, 0) is 26.9 Å². The Morgan fingerprint density at radius 3 is 2.09 bits per heavy atom. The maximum absolute atomic E-state index is 13.9. The van der Waals surface area contributed by atoms with E-state index in [1.54, 1.807) is 19.0 Å². The summed E-state index contributed by atoms with van der Waals surface area (Å²) in [4.78, 5) is 24.7. The van der Waals surface area contributed by atoms with Crippen molar-refractivity contribution in [3.05, 3.63) is 28.8 Å². The number of amides is 1. The van der Waals surface area contributed by atoms with Crippen LogP contribution in [0.15, 0.2) is 0 Å². The van der Waals surface area contributed by atoms with Crippen molar-refractivity contribution in [2.24, 2.45) is 0 Å². The number of nitrogens with one attached hydrogen (secondary N) is 1. The van der Waals surface area contributed by atoms with Crippen LogP contribution in [-0.4, -0.2) is 62.3 Å². The number of methoxy groups -OCH3 is 1. The molecule has 1 rings (SSSR count). The number of carbonyl (C=O) groups is 2. The fourth-order valence-electron chi connectivity index (χ4n) is 3.27. The highest BCUT2D eigenvalue weighted by atomic mass is 19.2. The lowest BCUT2D eigenvalue weighted by molar-refractivity contribution is -0.137. The molecule has 0 saturated carbocycles. The Kier molecular flexibility index (Phi) is 12.7. The summed E-state index contributed by atoms with van der Waals surface area (Å²) in [5.41, 5.74) is -0.827. The number of ether oxygens (including phenoxy) is 2. The zero-order valence-electron chi connectivity index (χ0n) is 19.2. The van der Waals surface area contributed by atoms with Crippen molar-refractivity contribution in [1.29, 1.82) is 0 Å². The normalized spacial score (nSPS) is 12.1. The van der Waals surface area contributed by atoms with E-state index in [-0.39, 0.29) is 25.4 Å². The molecule has 0 aliphatic carbocycles. The maximum atomic E-state index is 13.9. The third kappa shape index (κ3) is 9.95. The second kappa shape index (κ2) is 14.7. The fourth-order valence-corrected chi connectivity index (χ4v) is 3.27. The lowest BCUT2D eigenvalue weighted by Crippen LogP contribution is -2.42. The van der Waals surface area contributed by atoms with Gasteiger partial charge in [-0.1, -0.05) is 19.3 Å².